The smallest absolute Gasteiger partial charge is 0.416 e. The molecule has 158 valence electrons. The summed E-state index contributed by atoms with van der Waals surface area (Å²) in [5.74, 6) is 0.541. The Kier molecular flexibility index (Phi) is 6.41. The van der Waals surface area contributed by atoms with Crippen LogP contribution in [0.5, 0.6) is 5.88 Å². The van der Waals surface area contributed by atoms with Crippen molar-refractivity contribution in [3.63, 3.8) is 0 Å². The zero-order valence-electron chi connectivity index (χ0n) is 16.2. The minimum Gasteiger partial charge on any atom is -0.481 e. The van der Waals surface area contributed by atoms with Gasteiger partial charge in [-0.1, -0.05) is 11.6 Å². The summed E-state index contributed by atoms with van der Waals surface area (Å²) in [6.45, 7) is 2.64. The number of methoxy groups -OCH3 is 1. The molecular weight excluding hydrogens is 407 g/mol. The third-order valence-corrected chi connectivity index (χ3v) is 5.56. The summed E-state index contributed by atoms with van der Waals surface area (Å²) in [5.41, 5.74) is -0.152. The fraction of sp³-hybridized carbons (Fsp3) is 0.500. The van der Waals surface area contributed by atoms with E-state index in [1.165, 1.54) is 0 Å². The van der Waals surface area contributed by atoms with E-state index in [1.54, 1.807) is 7.11 Å². The van der Waals surface area contributed by atoms with Crippen molar-refractivity contribution in [1.82, 2.24) is 15.1 Å². The largest absolute Gasteiger partial charge is 0.481 e. The van der Waals surface area contributed by atoms with Crippen LogP contribution in [0.15, 0.2) is 24.3 Å². The second kappa shape index (κ2) is 8.65. The highest BCUT2D eigenvalue weighted by Crippen LogP contribution is 2.32. The fourth-order valence-electron chi connectivity index (χ4n) is 3.69. The molecule has 0 unspecified atom stereocenters. The second-order valence-corrected chi connectivity index (χ2v) is 7.80. The van der Waals surface area contributed by atoms with Gasteiger partial charge in [-0.05, 0) is 56.7 Å². The summed E-state index contributed by atoms with van der Waals surface area (Å²) in [6, 6.07) is 4.57. The number of hydrogen-bond donors (Lipinski definition) is 1. The van der Waals surface area contributed by atoms with Crippen LogP contribution in [0.1, 0.15) is 47.3 Å². The third kappa shape index (κ3) is 5.23. The Morgan fingerprint density at radius 2 is 1.97 bits per heavy atom. The fourth-order valence-corrected chi connectivity index (χ4v) is 3.89. The van der Waals surface area contributed by atoms with Gasteiger partial charge < -0.3 is 10.1 Å². The van der Waals surface area contributed by atoms with Crippen molar-refractivity contribution in [3.8, 4) is 5.88 Å². The molecule has 1 aromatic carbocycles. The maximum atomic E-state index is 12.9. The number of rotatable bonds is 5. The van der Waals surface area contributed by atoms with Crippen molar-refractivity contribution < 1.29 is 22.7 Å². The number of halogens is 4. The number of carbonyl (C=O) groups excluding carboxylic acids is 1. The van der Waals surface area contributed by atoms with Crippen molar-refractivity contribution in [2.75, 3.05) is 7.11 Å². The molecule has 1 aromatic heterocycles. The van der Waals surface area contributed by atoms with Gasteiger partial charge in [-0.2, -0.15) is 18.3 Å². The number of benzene rings is 1. The minimum atomic E-state index is -4.52. The first-order valence-corrected chi connectivity index (χ1v) is 9.81. The molecule has 0 radical (unpaired) electrons. The lowest BCUT2D eigenvalue weighted by Gasteiger charge is -2.29. The maximum Gasteiger partial charge on any atom is 0.416 e. The lowest BCUT2D eigenvalue weighted by Crippen LogP contribution is -2.38. The molecule has 9 heteroatoms. The van der Waals surface area contributed by atoms with Crippen LogP contribution >= 0.6 is 11.6 Å². The topological polar surface area (TPSA) is 56.1 Å². The van der Waals surface area contributed by atoms with Gasteiger partial charge in [0.15, 0.2) is 0 Å². The van der Waals surface area contributed by atoms with Crippen LogP contribution in [0.3, 0.4) is 0 Å². The van der Waals surface area contributed by atoms with E-state index in [2.05, 4.69) is 10.4 Å². The predicted molar refractivity (Wildman–Crippen MR) is 103 cm³/mol. The molecule has 1 aliphatic rings. The van der Waals surface area contributed by atoms with Gasteiger partial charge >= 0.3 is 6.18 Å². The van der Waals surface area contributed by atoms with Crippen molar-refractivity contribution in [3.05, 3.63) is 46.1 Å². The Balaban J connectivity index is 1.57. The third-order valence-electron chi connectivity index (χ3n) is 5.23. The molecular formula is C20H23ClF3N3O2. The molecule has 0 atom stereocenters. The highest BCUT2D eigenvalue weighted by molar-refractivity contribution is 6.33. The number of ether oxygens (including phenoxy) is 1. The normalized spacial score (nSPS) is 19.8. The van der Waals surface area contributed by atoms with E-state index in [0.29, 0.717) is 5.92 Å². The predicted octanol–water partition coefficient (Wildman–Crippen LogP) is 4.86. The van der Waals surface area contributed by atoms with Crippen molar-refractivity contribution in [2.24, 2.45) is 5.92 Å². The zero-order valence-corrected chi connectivity index (χ0v) is 17.0. The number of hydrogen-bond acceptors (Lipinski definition) is 3. The number of amides is 1. The Labute approximate surface area is 172 Å². The number of nitrogens with zero attached hydrogens (tertiary/aromatic N) is 2. The van der Waals surface area contributed by atoms with Crippen molar-refractivity contribution >= 4 is 17.5 Å². The van der Waals surface area contributed by atoms with Gasteiger partial charge in [0.25, 0.3) is 5.91 Å². The molecule has 1 saturated carbocycles. The van der Waals surface area contributed by atoms with Gasteiger partial charge in [0.1, 0.15) is 0 Å². The molecule has 1 aliphatic carbocycles. The Hall–Kier alpha value is -2.22. The van der Waals surface area contributed by atoms with Gasteiger partial charge in [0.2, 0.25) is 5.88 Å². The molecule has 3 rings (SSSR count). The van der Waals surface area contributed by atoms with E-state index in [0.717, 1.165) is 62.0 Å². The maximum absolute atomic E-state index is 12.9. The summed E-state index contributed by atoms with van der Waals surface area (Å²) in [7, 11) is 1.61. The number of carbonyl (C=O) groups is 1. The molecule has 1 N–H and O–H groups in total. The number of nitrogens with one attached hydrogen (secondary N) is 1. The Bertz CT molecular complexity index is 874. The quantitative estimate of drug-likeness (QED) is 0.738. The van der Waals surface area contributed by atoms with Gasteiger partial charge in [0.05, 0.1) is 29.0 Å². The summed E-state index contributed by atoms with van der Waals surface area (Å²) in [6.07, 6.45) is -1.28. The SMILES string of the molecule is COc1cc(C)nn1CC1CCC(NC(=O)c2cc(C(F)(F)F)ccc2Cl)CC1. The molecule has 2 aromatic rings. The Morgan fingerprint density at radius 3 is 2.59 bits per heavy atom. The van der Waals surface area contributed by atoms with Gasteiger partial charge in [-0.3, -0.25) is 4.79 Å². The standard InChI is InChI=1S/C20H23ClF3N3O2/c1-12-9-18(29-2)27(26-12)11-13-3-6-15(7-4-13)25-19(28)16-10-14(20(22,23)24)5-8-17(16)21/h5,8-10,13,15H,3-4,6-7,11H2,1-2H3,(H,25,28). The number of aromatic nitrogens is 2. The average molecular weight is 430 g/mol. The first-order chi connectivity index (χ1) is 13.7. The number of alkyl halides is 3. The van der Waals surface area contributed by atoms with Gasteiger partial charge in [0, 0.05) is 18.7 Å². The van der Waals surface area contributed by atoms with E-state index >= 15 is 0 Å². The van der Waals surface area contributed by atoms with Crippen molar-refractivity contribution in [1.29, 1.82) is 0 Å². The van der Waals surface area contributed by atoms with Crippen LogP contribution < -0.4 is 10.1 Å². The summed E-state index contributed by atoms with van der Waals surface area (Å²) in [4.78, 5) is 12.5. The zero-order chi connectivity index (χ0) is 21.2. The number of aryl methyl sites for hydroxylation is 1. The Morgan fingerprint density at radius 1 is 1.28 bits per heavy atom. The second-order valence-electron chi connectivity index (χ2n) is 7.39. The average Bonchev–Trinajstić information content (AvgIpc) is 3.02. The van der Waals surface area contributed by atoms with E-state index < -0.39 is 17.6 Å². The van der Waals surface area contributed by atoms with Gasteiger partial charge in [-0.25, -0.2) is 4.68 Å². The van der Waals surface area contributed by atoms with E-state index in [9.17, 15) is 18.0 Å². The summed E-state index contributed by atoms with van der Waals surface area (Å²) >= 11 is 5.95. The van der Waals surface area contributed by atoms with E-state index in [-0.39, 0.29) is 16.6 Å². The molecule has 0 aliphatic heterocycles. The molecule has 29 heavy (non-hydrogen) atoms. The molecule has 1 heterocycles. The summed E-state index contributed by atoms with van der Waals surface area (Å²) in [5, 5.41) is 7.27. The highest BCUT2D eigenvalue weighted by Gasteiger charge is 2.32. The molecule has 1 fully saturated rings. The van der Waals surface area contributed by atoms with Crippen LogP contribution in [0.25, 0.3) is 0 Å². The van der Waals surface area contributed by atoms with Crippen LogP contribution in [-0.4, -0.2) is 28.8 Å². The monoisotopic (exact) mass is 429 g/mol. The molecule has 0 saturated heterocycles. The van der Waals surface area contributed by atoms with Crippen LogP contribution in [0.4, 0.5) is 13.2 Å². The lowest BCUT2D eigenvalue weighted by molar-refractivity contribution is -0.137. The van der Waals surface area contributed by atoms with Gasteiger partial charge in [-0.15, -0.1) is 0 Å². The van der Waals surface area contributed by atoms with E-state index in [1.807, 2.05) is 17.7 Å². The van der Waals surface area contributed by atoms with Crippen LogP contribution in [0, 0.1) is 12.8 Å². The van der Waals surface area contributed by atoms with Crippen LogP contribution in [0.2, 0.25) is 5.02 Å². The molecule has 5 nitrogen and oxygen atoms in total. The molecule has 0 bridgehead atoms. The van der Waals surface area contributed by atoms with E-state index in [4.69, 9.17) is 16.3 Å². The van der Waals surface area contributed by atoms with Crippen molar-refractivity contribution in [2.45, 2.75) is 51.4 Å². The minimum absolute atomic E-state index is 0.00494. The first-order valence-electron chi connectivity index (χ1n) is 9.43. The summed E-state index contributed by atoms with van der Waals surface area (Å²) < 4.78 is 45.9. The highest BCUT2D eigenvalue weighted by atomic mass is 35.5. The molecule has 0 spiro atoms. The molecule has 1 amide bonds. The first kappa shape index (κ1) is 21.5. The van der Waals surface area contributed by atoms with Crippen LogP contribution in [-0.2, 0) is 12.7 Å². The lowest BCUT2D eigenvalue weighted by atomic mass is 9.86.